The van der Waals surface area contributed by atoms with Gasteiger partial charge in [0.05, 0.1) is 7.11 Å². The Hall–Kier alpha value is -0.960. The summed E-state index contributed by atoms with van der Waals surface area (Å²) in [7, 11) is 1.59. The number of hydrogen-bond acceptors (Lipinski definition) is 3. The lowest BCUT2D eigenvalue weighted by Crippen LogP contribution is -2.11. The molecule has 0 aromatic rings. The third-order valence-electron chi connectivity index (χ3n) is 2.33. The van der Waals surface area contributed by atoms with E-state index in [1.54, 1.807) is 7.11 Å². The Morgan fingerprint density at radius 1 is 1.57 bits per heavy atom. The highest BCUT2D eigenvalue weighted by Crippen LogP contribution is 2.28. The number of methoxy groups -OCH3 is 1. The zero-order valence-corrected chi connectivity index (χ0v) is 9.48. The molecule has 1 aliphatic rings. The van der Waals surface area contributed by atoms with Crippen LogP contribution in [0.2, 0.25) is 0 Å². The maximum atomic E-state index is 5.95. The molecule has 0 atom stereocenters. The van der Waals surface area contributed by atoms with E-state index in [4.69, 9.17) is 22.1 Å². The van der Waals surface area contributed by atoms with E-state index >= 15 is 0 Å². The topological polar surface area (TPSA) is 47.6 Å². The Morgan fingerprint density at radius 3 is 2.71 bits per heavy atom. The van der Waals surface area contributed by atoms with Crippen molar-refractivity contribution in [3.8, 4) is 0 Å². The second kappa shape index (κ2) is 4.51. The van der Waals surface area contributed by atoms with Crippen LogP contribution in [-0.4, -0.2) is 12.9 Å². The molecular weight excluding hydrogens is 200 g/mol. The van der Waals surface area contributed by atoms with Crippen LogP contribution in [0, 0.1) is 0 Å². The number of aliphatic imine (C=N–C) groups is 1. The number of ether oxygens (including phenoxy) is 1. The molecule has 4 heteroatoms. The second-order valence-corrected chi connectivity index (χ2v) is 3.54. The van der Waals surface area contributed by atoms with E-state index in [0.717, 1.165) is 12.0 Å². The predicted molar refractivity (Wildman–Crippen MR) is 59.1 cm³/mol. The molecule has 0 amide bonds. The Labute approximate surface area is 89.3 Å². The van der Waals surface area contributed by atoms with Crippen LogP contribution in [0.15, 0.2) is 27.1 Å². The maximum Gasteiger partial charge on any atom is 0.173 e. The Balaban J connectivity index is 3.24. The van der Waals surface area contributed by atoms with Crippen LogP contribution in [-0.2, 0) is 4.74 Å². The standard InChI is InChI=1S/C10H15ClN2O/c1-4-7-5-8(12)13-10(11)9(14-3)6(7)2/h4-5H2,1-3H3,(H2,12,13). The van der Waals surface area contributed by atoms with Crippen molar-refractivity contribution in [1.82, 2.24) is 0 Å². The fourth-order valence-electron chi connectivity index (χ4n) is 1.51. The number of nitrogens with zero attached hydrogens (tertiary/aromatic N) is 1. The lowest BCUT2D eigenvalue weighted by molar-refractivity contribution is 0.297. The molecule has 14 heavy (non-hydrogen) atoms. The summed E-state index contributed by atoms with van der Waals surface area (Å²) in [4.78, 5) is 4.05. The third-order valence-corrected chi connectivity index (χ3v) is 2.58. The van der Waals surface area contributed by atoms with Gasteiger partial charge in [-0.25, -0.2) is 4.99 Å². The molecule has 0 spiro atoms. The van der Waals surface area contributed by atoms with Crippen molar-refractivity contribution in [1.29, 1.82) is 0 Å². The zero-order chi connectivity index (χ0) is 10.7. The maximum absolute atomic E-state index is 5.95. The van der Waals surface area contributed by atoms with Crippen molar-refractivity contribution >= 4 is 17.4 Å². The van der Waals surface area contributed by atoms with Gasteiger partial charge < -0.3 is 10.5 Å². The van der Waals surface area contributed by atoms with Gasteiger partial charge in [-0.2, -0.15) is 0 Å². The van der Waals surface area contributed by atoms with Gasteiger partial charge >= 0.3 is 0 Å². The van der Waals surface area contributed by atoms with Gasteiger partial charge in [0.2, 0.25) is 0 Å². The quantitative estimate of drug-likeness (QED) is 0.719. The average Bonchev–Trinajstić information content (AvgIpc) is 2.23. The van der Waals surface area contributed by atoms with E-state index in [9.17, 15) is 0 Å². The minimum atomic E-state index is 0.339. The fourth-order valence-corrected chi connectivity index (χ4v) is 1.84. The highest BCUT2D eigenvalue weighted by molar-refractivity contribution is 6.30. The van der Waals surface area contributed by atoms with E-state index < -0.39 is 0 Å². The van der Waals surface area contributed by atoms with Crippen LogP contribution in [0.4, 0.5) is 0 Å². The Morgan fingerprint density at radius 2 is 2.21 bits per heavy atom. The van der Waals surface area contributed by atoms with Crippen molar-refractivity contribution in [3.63, 3.8) is 0 Å². The van der Waals surface area contributed by atoms with Crippen LogP contribution >= 0.6 is 11.6 Å². The molecule has 0 aliphatic carbocycles. The van der Waals surface area contributed by atoms with Crippen LogP contribution < -0.4 is 5.73 Å². The number of halogens is 1. The van der Waals surface area contributed by atoms with Crippen LogP contribution in [0.5, 0.6) is 0 Å². The Bertz CT molecular complexity index is 329. The zero-order valence-electron chi connectivity index (χ0n) is 8.72. The van der Waals surface area contributed by atoms with E-state index in [0.29, 0.717) is 23.2 Å². The fraction of sp³-hybridized carbons (Fsp3) is 0.500. The summed E-state index contributed by atoms with van der Waals surface area (Å²) in [5.74, 6) is 1.17. The molecule has 78 valence electrons. The number of hydrogen-bond donors (Lipinski definition) is 1. The summed E-state index contributed by atoms with van der Waals surface area (Å²) >= 11 is 5.95. The number of nitrogens with two attached hydrogens (primary N) is 1. The molecule has 1 aliphatic heterocycles. The van der Waals surface area contributed by atoms with Crippen molar-refractivity contribution in [3.05, 3.63) is 22.1 Å². The summed E-state index contributed by atoms with van der Waals surface area (Å²) in [6.45, 7) is 4.06. The first-order valence-corrected chi connectivity index (χ1v) is 4.93. The smallest absolute Gasteiger partial charge is 0.173 e. The summed E-state index contributed by atoms with van der Waals surface area (Å²) in [5, 5.41) is 0.339. The summed E-state index contributed by atoms with van der Waals surface area (Å²) in [5.41, 5.74) is 7.98. The molecule has 0 aromatic heterocycles. The van der Waals surface area contributed by atoms with Crippen molar-refractivity contribution in [2.75, 3.05) is 7.11 Å². The van der Waals surface area contributed by atoms with Gasteiger partial charge in [-0.15, -0.1) is 0 Å². The number of rotatable bonds is 2. The average molecular weight is 215 g/mol. The first-order valence-electron chi connectivity index (χ1n) is 4.56. The molecule has 0 saturated heterocycles. The molecule has 0 unspecified atom stereocenters. The lowest BCUT2D eigenvalue weighted by Gasteiger charge is -2.09. The molecule has 3 nitrogen and oxygen atoms in total. The molecule has 0 aromatic carbocycles. The van der Waals surface area contributed by atoms with Gasteiger partial charge in [-0.05, 0) is 18.9 Å². The highest BCUT2D eigenvalue weighted by Gasteiger charge is 2.16. The van der Waals surface area contributed by atoms with Gasteiger partial charge in [-0.3, -0.25) is 0 Å². The third kappa shape index (κ3) is 2.10. The van der Waals surface area contributed by atoms with E-state index in [2.05, 4.69) is 11.9 Å². The molecule has 2 N–H and O–H groups in total. The van der Waals surface area contributed by atoms with Crippen LogP contribution in [0.3, 0.4) is 0 Å². The normalized spacial score (nSPS) is 18.1. The molecule has 0 radical (unpaired) electrons. The lowest BCUT2D eigenvalue weighted by atomic mass is 10.0. The van der Waals surface area contributed by atoms with Crippen LogP contribution in [0.25, 0.3) is 0 Å². The predicted octanol–water partition coefficient (Wildman–Crippen LogP) is 2.53. The van der Waals surface area contributed by atoms with Gasteiger partial charge in [0.1, 0.15) is 5.84 Å². The number of allylic oxidation sites excluding steroid dienone is 1. The summed E-state index contributed by atoms with van der Waals surface area (Å²) in [6, 6.07) is 0. The van der Waals surface area contributed by atoms with Crippen molar-refractivity contribution in [2.24, 2.45) is 10.7 Å². The van der Waals surface area contributed by atoms with Crippen molar-refractivity contribution in [2.45, 2.75) is 26.7 Å². The van der Waals surface area contributed by atoms with Crippen LogP contribution in [0.1, 0.15) is 26.7 Å². The van der Waals surface area contributed by atoms with Crippen molar-refractivity contribution < 1.29 is 4.74 Å². The molecule has 1 rings (SSSR count). The van der Waals surface area contributed by atoms with Gasteiger partial charge in [0, 0.05) is 6.42 Å². The van der Waals surface area contributed by atoms with E-state index in [1.807, 2.05) is 6.92 Å². The highest BCUT2D eigenvalue weighted by atomic mass is 35.5. The summed E-state index contributed by atoms with van der Waals surface area (Å²) < 4.78 is 5.20. The summed E-state index contributed by atoms with van der Waals surface area (Å²) in [6.07, 6.45) is 1.60. The molecular formula is C10H15ClN2O. The minimum absolute atomic E-state index is 0.339. The largest absolute Gasteiger partial charge is 0.493 e. The monoisotopic (exact) mass is 214 g/mol. The molecule has 0 saturated carbocycles. The first kappa shape index (κ1) is 11.1. The number of amidine groups is 1. The van der Waals surface area contributed by atoms with Gasteiger partial charge in [-0.1, -0.05) is 24.1 Å². The minimum Gasteiger partial charge on any atom is -0.493 e. The SMILES string of the molecule is CCC1=C(C)C(OC)=C(Cl)N=C(N)C1. The Kier molecular flexibility index (Phi) is 3.58. The molecule has 1 heterocycles. The first-order chi connectivity index (χ1) is 6.60. The van der Waals surface area contributed by atoms with Gasteiger partial charge in [0.15, 0.2) is 10.9 Å². The van der Waals surface area contributed by atoms with E-state index in [1.165, 1.54) is 5.57 Å². The van der Waals surface area contributed by atoms with Gasteiger partial charge in [0.25, 0.3) is 0 Å². The van der Waals surface area contributed by atoms with E-state index in [-0.39, 0.29) is 0 Å². The molecule has 0 bridgehead atoms. The molecule has 0 fully saturated rings. The second-order valence-electron chi connectivity index (χ2n) is 3.19.